The Morgan fingerprint density at radius 2 is 2.50 bits per heavy atom. The zero-order chi connectivity index (χ0) is 7.40. The molecule has 1 rings (SSSR count). The molecule has 0 atom stereocenters. The van der Waals surface area contributed by atoms with Crippen LogP contribution < -0.4 is 0 Å². The molecule has 0 unspecified atom stereocenters. The highest BCUT2D eigenvalue weighted by molar-refractivity contribution is 5.91. The van der Waals surface area contributed by atoms with Gasteiger partial charge >= 0.3 is 5.97 Å². The molecule has 1 heterocycles. The summed E-state index contributed by atoms with van der Waals surface area (Å²) in [5.41, 5.74) is 0.303. The van der Waals surface area contributed by atoms with Crippen LogP contribution in [0.5, 0.6) is 0 Å². The number of aliphatic imine (C=N–C) groups is 1. The van der Waals surface area contributed by atoms with Gasteiger partial charge in [-0.15, -0.1) is 0 Å². The Balaban J connectivity index is 2.78. The van der Waals surface area contributed by atoms with Crippen LogP contribution in [-0.4, -0.2) is 23.8 Å². The molecule has 52 valence electrons. The summed E-state index contributed by atoms with van der Waals surface area (Å²) in [4.78, 5) is 14.2. The molecule has 0 radical (unpaired) electrons. The minimum atomic E-state index is -0.901. The Labute approximate surface area is 58.4 Å². The molecule has 0 saturated heterocycles. The van der Waals surface area contributed by atoms with Crippen LogP contribution in [0.4, 0.5) is 0 Å². The number of carboxylic acids is 1. The molecule has 0 amide bonds. The van der Waals surface area contributed by atoms with Crippen LogP contribution in [0.2, 0.25) is 0 Å². The number of hydrogen-bond acceptors (Lipinski definition) is 2. The molecule has 3 nitrogen and oxygen atoms in total. The van der Waals surface area contributed by atoms with Gasteiger partial charge in [0.05, 0.1) is 12.1 Å². The summed E-state index contributed by atoms with van der Waals surface area (Å²) >= 11 is 0. The van der Waals surface area contributed by atoms with E-state index in [0.29, 0.717) is 12.1 Å². The van der Waals surface area contributed by atoms with Crippen molar-refractivity contribution < 1.29 is 9.90 Å². The zero-order valence-electron chi connectivity index (χ0n) is 5.32. The van der Waals surface area contributed by atoms with Crippen molar-refractivity contribution in [2.75, 3.05) is 6.54 Å². The van der Waals surface area contributed by atoms with Gasteiger partial charge in [0.1, 0.15) is 0 Å². The molecule has 0 bridgehead atoms. The van der Waals surface area contributed by atoms with Crippen molar-refractivity contribution in [2.45, 2.75) is 0 Å². The topological polar surface area (TPSA) is 49.7 Å². The van der Waals surface area contributed by atoms with Crippen molar-refractivity contribution in [3.8, 4) is 0 Å². The lowest BCUT2D eigenvalue weighted by Gasteiger charge is -1.88. The molecule has 1 N–H and O–H groups in total. The number of nitrogens with zero attached hydrogens (tertiary/aromatic N) is 1. The van der Waals surface area contributed by atoms with E-state index in [1.54, 1.807) is 18.4 Å². The van der Waals surface area contributed by atoms with Crippen molar-refractivity contribution in [1.82, 2.24) is 0 Å². The van der Waals surface area contributed by atoms with Crippen molar-refractivity contribution in [1.29, 1.82) is 0 Å². The van der Waals surface area contributed by atoms with Gasteiger partial charge in [0.2, 0.25) is 0 Å². The Hall–Kier alpha value is -1.38. The molecular weight excluding hydrogens is 130 g/mol. The van der Waals surface area contributed by atoms with E-state index in [0.717, 1.165) is 0 Å². The summed E-state index contributed by atoms with van der Waals surface area (Å²) in [6.07, 6.45) is 6.31. The number of hydrogen-bond donors (Lipinski definition) is 1. The Morgan fingerprint density at radius 3 is 3.20 bits per heavy atom. The summed E-state index contributed by atoms with van der Waals surface area (Å²) in [6, 6.07) is 0. The van der Waals surface area contributed by atoms with Crippen LogP contribution in [0, 0.1) is 0 Å². The average molecular weight is 137 g/mol. The molecule has 0 aromatic carbocycles. The first-order chi connectivity index (χ1) is 4.80. The third-order valence-corrected chi connectivity index (χ3v) is 1.13. The highest BCUT2D eigenvalue weighted by atomic mass is 16.4. The van der Waals surface area contributed by atoms with E-state index in [1.807, 2.05) is 0 Å². The fraction of sp³-hybridized carbons (Fsp3) is 0.143. The minimum absolute atomic E-state index is 0.303. The largest absolute Gasteiger partial charge is 0.478 e. The van der Waals surface area contributed by atoms with Gasteiger partial charge in [-0.25, -0.2) is 4.79 Å². The molecule has 0 spiro atoms. The molecule has 0 fully saturated rings. The maximum atomic E-state index is 10.3. The number of carboxylic acid groups (broad SMARTS) is 1. The maximum absolute atomic E-state index is 10.3. The van der Waals surface area contributed by atoms with Crippen LogP contribution in [0.25, 0.3) is 0 Å². The molecule has 1 aliphatic heterocycles. The monoisotopic (exact) mass is 137 g/mol. The van der Waals surface area contributed by atoms with E-state index in [9.17, 15) is 4.79 Å². The first kappa shape index (κ1) is 6.74. The normalized spacial score (nSPS) is 16.2. The molecule has 10 heavy (non-hydrogen) atoms. The van der Waals surface area contributed by atoms with Crippen molar-refractivity contribution in [3.05, 3.63) is 23.8 Å². The third-order valence-electron chi connectivity index (χ3n) is 1.13. The van der Waals surface area contributed by atoms with E-state index < -0.39 is 5.97 Å². The average Bonchev–Trinajstić information content (AvgIpc) is 2.12. The summed E-state index contributed by atoms with van der Waals surface area (Å²) in [6.45, 7) is 0.453. The summed E-state index contributed by atoms with van der Waals surface area (Å²) in [5.74, 6) is -0.901. The van der Waals surface area contributed by atoms with Gasteiger partial charge in [0.15, 0.2) is 0 Å². The molecule has 0 saturated carbocycles. The summed E-state index contributed by atoms with van der Waals surface area (Å²) in [5, 5.41) is 8.49. The number of allylic oxidation sites excluding steroid dienone is 1. The van der Waals surface area contributed by atoms with E-state index in [2.05, 4.69) is 4.99 Å². The van der Waals surface area contributed by atoms with E-state index >= 15 is 0 Å². The van der Waals surface area contributed by atoms with Crippen molar-refractivity contribution >= 4 is 12.2 Å². The molecule has 0 aromatic heterocycles. The maximum Gasteiger partial charge on any atom is 0.335 e. The van der Waals surface area contributed by atoms with E-state index in [4.69, 9.17) is 5.11 Å². The van der Waals surface area contributed by atoms with Crippen LogP contribution >= 0.6 is 0 Å². The van der Waals surface area contributed by atoms with Gasteiger partial charge in [-0.3, -0.25) is 4.99 Å². The van der Waals surface area contributed by atoms with Gasteiger partial charge in [-0.2, -0.15) is 0 Å². The number of rotatable bonds is 1. The first-order valence-corrected chi connectivity index (χ1v) is 2.90. The number of aliphatic carboxylic acids is 1. The van der Waals surface area contributed by atoms with Gasteiger partial charge in [-0.1, -0.05) is 0 Å². The molecular formula is C7H7NO2. The summed E-state index contributed by atoms with van der Waals surface area (Å²) < 4.78 is 0. The predicted molar refractivity (Wildman–Crippen MR) is 38.2 cm³/mol. The van der Waals surface area contributed by atoms with Crippen LogP contribution in [0.1, 0.15) is 0 Å². The SMILES string of the molecule is O=C(O)C1=CCN=CC=C1. The predicted octanol–water partition coefficient (Wildman–Crippen LogP) is 0.638. The van der Waals surface area contributed by atoms with Crippen molar-refractivity contribution in [3.63, 3.8) is 0 Å². The fourth-order valence-electron chi connectivity index (χ4n) is 0.646. The second kappa shape index (κ2) is 2.96. The lowest BCUT2D eigenvalue weighted by Crippen LogP contribution is -1.97. The van der Waals surface area contributed by atoms with Gasteiger partial charge < -0.3 is 5.11 Å². The van der Waals surface area contributed by atoms with Gasteiger partial charge in [0.25, 0.3) is 0 Å². The van der Waals surface area contributed by atoms with Gasteiger partial charge in [0, 0.05) is 6.21 Å². The van der Waals surface area contributed by atoms with Gasteiger partial charge in [-0.05, 0) is 18.2 Å². The van der Waals surface area contributed by atoms with Crippen molar-refractivity contribution in [2.24, 2.45) is 4.99 Å². The standard InChI is InChI=1S/C7H7NO2/c9-7(10)6-2-1-4-8-5-3-6/h1-4H,5H2,(H,9,10). The third kappa shape index (κ3) is 1.55. The molecule has 0 aliphatic carbocycles. The molecule has 3 heteroatoms. The number of carbonyl (C=O) groups is 1. The lowest BCUT2D eigenvalue weighted by molar-refractivity contribution is -0.132. The molecule has 1 aliphatic rings. The summed E-state index contributed by atoms with van der Waals surface area (Å²) in [7, 11) is 0. The van der Waals surface area contributed by atoms with Crippen LogP contribution in [0.15, 0.2) is 28.8 Å². The zero-order valence-corrected chi connectivity index (χ0v) is 5.32. The highest BCUT2D eigenvalue weighted by Crippen LogP contribution is 1.98. The minimum Gasteiger partial charge on any atom is -0.478 e. The Kier molecular flexibility index (Phi) is 1.99. The van der Waals surface area contributed by atoms with E-state index in [1.165, 1.54) is 6.08 Å². The Morgan fingerprint density at radius 1 is 1.70 bits per heavy atom. The quantitative estimate of drug-likeness (QED) is 0.576. The van der Waals surface area contributed by atoms with E-state index in [-0.39, 0.29) is 0 Å². The first-order valence-electron chi connectivity index (χ1n) is 2.90. The highest BCUT2D eigenvalue weighted by Gasteiger charge is 2.01. The lowest BCUT2D eigenvalue weighted by atomic mass is 10.2. The second-order valence-corrected chi connectivity index (χ2v) is 1.84. The molecule has 0 aromatic rings. The van der Waals surface area contributed by atoms with Crippen LogP contribution in [0.3, 0.4) is 0 Å². The van der Waals surface area contributed by atoms with Crippen LogP contribution in [-0.2, 0) is 4.79 Å². The Bertz CT molecular complexity index is 226. The second-order valence-electron chi connectivity index (χ2n) is 1.84. The fourth-order valence-corrected chi connectivity index (χ4v) is 0.646. The smallest absolute Gasteiger partial charge is 0.335 e.